The lowest BCUT2D eigenvalue weighted by molar-refractivity contribution is -0.145. The van der Waals surface area contributed by atoms with Gasteiger partial charge in [-0.2, -0.15) is 0 Å². The first-order valence-electron chi connectivity index (χ1n) is 5.90. The van der Waals surface area contributed by atoms with Crippen molar-refractivity contribution in [1.82, 2.24) is 0 Å². The highest BCUT2D eigenvalue weighted by atomic mass is 16.5. The quantitative estimate of drug-likeness (QED) is 0.560. The molecule has 0 heterocycles. The molecule has 0 amide bonds. The van der Waals surface area contributed by atoms with Gasteiger partial charge in [-0.05, 0) is 25.2 Å². The zero-order valence-corrected chi connectivity index (χ0v) is 9.84. The van der Waals surface area contributed by atoms with Crippen molar-refractivity contribution < 1.29 is 9.53 Å². The molecule has 0 aliphatic heterocycles. The number of carbonyl (C=O) groups is 1. The first kappa shape index (κ1) is 13.5. The molecule has 0 N–H and O–H groups in total. The van der Waals surface area contributed by atoms with E-state index in [-0.39, 0.29) is 5.97 Å². The third-order valence-corrected chi connectivity index (χ3v) is 2.33. The van der Waals surface area contributed by atoms with E-state index in [1.54, 1.807) is 0 Å². The Morgan fingerprint density at radius 1 is 1.07 bits per heavy atom. The second-order valence-electron chi connectivity index (χ2n) is 3.88. The molecule has 0 aromatic carbocycles. The number of carbonyl (C=O) groups excluding carboxylic acids is 1. The fraction of sp³-hybridized carbons (Fsp3) is 0.917. The van der Waals surface area contributed by atoms with Crippen molar-refractivity contribution >= 4 is 5.97 Å². The maximum atomic E-state index is 11.1. The fourth-order valence-electron chi connectivity index (χ4n) is 1.61. The lowest BCUT2D eigenvalue weighted by Gasteiger charge is -2.14. The molecule has 0 spiro atoms. The molecule has 0 unspecified atom stereocenters. The Labute approximate surface area is 88.0 Å². The van der Waals surface area contributed by atoms with Crippen LogP contribution in [0.25, 0.3) is 0 Å². The van der Waals surface area contributed by atoms with Gasteiger partial charge in [0, 0.05) is 6.42 Å². The van der Waals surface area contributed by atoms with Gasteiger partial charge in [0.2, 0.25) is 0 Å². The molecule has 0 aliphatic carbocycles. The van der Waals surface area contributed by atoms with Crippen molar-refractivity contribution in [3.63, 3.8) is 0 Å². The van der Waals surface area contributed by atoms with Crippen LogP contribution in [0.15, 0.2) is 0 Å². The van der Waals surface area contributed by atoms with Crippen LogP contribution in [0.5, 0.6) is 0 Å². The van der Waals surface area contributed by atoms with E-state index >= 15 is 0 Å². The monoisotopic (exact) mass is 200 g/mol. The van der Waals surface area contributed by atoms with E-state index in [2.05, 4.69) is 13.8 Å². The molecular weight excluding hydrogens is 176 g/mol. The largest absolute Gasteiger partial charge is 0.465 e. The van der Waals surface area contributed by atoms with Gasteiger partial charge in [0.25, 0.3) is 0 Å². The predicted molar refractivity (Wildman–Crippen MR) is 59.2 cm³/mol. The van der Waals surface area contributed by atoms with E-state index in [1.807, 2.05) is 6.92 Å². The highest BCUT2D eigenvalue weighted by Crippen LogP contribution is 2.14. The van der Waals surface area contributed by atoms with Gasteiger partial charge in [-0.15, -0.1) is 0 Å². The Bertz CT molecular complexity index is 137. The normalized spacial score (nSPS) is 10.6. The molecule has 84 valence electrons. The summed E-state index contributed by atoms with van der Waals surface area (Å²) in [7, 11) is 0. The lowest BCUT2D eigenvalue weighted by Crippen LogP contribution is -2.13. The maximum absolute atomic E-state index is 11.1. The van der Waals surface area contributed by atoms with Crippen LogP contribution in [-0.2, 0) is 9.53 Å². The van der Waals surface area contributed by atoms with E-state index in [4.69, 9.17) is 4.74 Å². The number of esters is 1. The van der Waals surface area contributed by atoms with Crippen LogP contribution in [-0.4, -0.2) is 12.6 Å². The van der Waals surface area contributed by atoms with Crippen molar-refractivity contribution in [3.05, 3.63) is 0 Å². The standard InChI is InChI=1S/C12H24O2/c1-4-7-11(8-5-2)10-14-12(13)9-6-3/h11H,4-10H2,1-3H3. The van der Waals surface area contributed by atoms with E-state index in [1.165, 1.54) is 25.7 Å². The van der Waals surface area contributed by atoms with Crippen molar-refractivity contribution in [2.75, 3.05) is 6.61 Å². The highest BCUT2D eigenvalue weighted by Gasteiger charge is 2.09. The molecule has 0 atom stereocenters. The predicted octanol–water partition coefficient (Wildman–Crippen LogP) is 3.55. The highest BCUT2D eigenvalue weighted by molar-refractivity contribution is 5.69. The average molecular weight is 200 g/mol. The maximum Gasteiger partial charge on any atom is 0.305 e. The Kier molecular flexibility index (Phi) is 8.70. The molecule has 0 fully saturated rings. The Balaban J connectivity index is 3.63. The number of hydrogen-bond acceptors (Lipinski definition) is 2. The molecule has 2 nitrogen and oxygen atoms in total. The molecule has 2 heteroatoms. The van der Waals surface area contributed by atoms with Crippen LogP contribution in [0.4, 0.5) is 0 Å². The minimum atomic E-state index is -0.0373. The van der Waals surface area contributed by atoms with Crippen LogP contribution in [0.1, 0.15) is 59.3 Å². The van der Waals surface area contributed by atoms with Gasteiger partial charge in [-0.3, -0.25) is 4.79 Å². The van der Waals surface area contributed by atoms with Crippen molar-refractivity contribution in [3.8, 4) is 0 Å². The third-order valence-electron chi connectivity index (χ3n) is 2.33. The van der Waals surface area contributed by atoms with Crippen molar-refractivity contribution in [2.24, 2.45) is 5.92 Å². The number of ether oxygens (including phenoxy) is 1. The van der Waals surface area contributed by atoms with Crippen LogP contribution >= 0.6 is 0 Å². The van der Waals surface area contributed by atoms with E-state index in [0.717, 1.165) is 6.42 Å². The molecule has 0 aromatic rings. The molecule has 0 aliphatic rings. The van der Waals surface area contributed by atoms with Crippen LogP contribution < -0.4 is 0 Å². The lowest BCUT2D eigenvalue weighted by atomic mass is 9.99. The zero-order chi connectivity index (χ0) is 10.8. The Morgan fingerprint density at radius 2 is 1.64 bits per heavy atom. The summed E-state index contributed by atoms with van der Waals surface area (Å²) < 4.78 is 5.21. The summed E-state index contributed by atoms with van der Waals surface area (Å²) in [5, 5.41) is 0. The molecular formula is C12H24O2. The van der Waals surface area contributed by atoms with E-state index < -0.39 is 0 Å². The van der Waals surface area contributed by atoms with E-state index in [9.17, 15) is 4.79 Å². The topological polar surface area (TPSA) is 26.3 Å². The molecule has 0 rings (SSSR count). The van der Waals surface area contributed by atoms with Crippen LogP contribution in [0.3, 0.4) is 0 Å². The van der Waals surface area contributed by atoms with Gasteiger partial charge < -0.3 is 4.74 Å². The van der Waals surface area contributed by atoms with Gasteiger partial charge in [0.05, 0.1) is 6.61 Å². The van der Waals surface area contributed by atoms with E-state index in [0.29, 0.717) is 18.9 Å². The summed E-state index contributed by atoms with van der Waals surface area (Å²) in [5.41, 5.74) is 0. The summed E-state index contributed by atoms with van der Waals surface area (Å²) >= 11 is 0. The summed E-state index contributed by atoms with van der Waals surface area (Å²) in [6.45, 7) is 6.98. The minimum absolute atomic E-state index is 0.0373. The van der Waals surface area contributed by atoms with Gasteiger partial charge >= 0.3 is 5.97 Å². The molecule has 0 bridgehead atoms. The van der Waals surface area contributed by atoms with Crippen molar-refractivity contribution in [1.29, 1.82) is 0 Å². The summed E-state index contributed by atoms with van der Waals surface area (Å²) in [6, 6.07) is 0. The SMILES string of the molecule is CCCC(=O)OCC(CCC)CCC. The second-order valence-corrected chi connectivity index (χ2v) is 3.88. The summed E-state index contributed by atoms with van der Waals surface area (Å²) in [5.74, 6) is 0.538. The van der Waals surface area contributed by atoms with Crippen LogP contribution in [0.2, 0.25) is 0 Å². The molecule has 0 aromatic heterocycles. The third kappa shape index (κ3) is 6.93. The Morgan fingerprint density at radius 3 is 2.07 bits per heavy atom. The summed E-state index contributed by atoms with van der Waals surface area (Å²) in [4.78, 5) is 11.1. The van der Waals surface area contributed by atoms with Crippen LogP contribution in [0, 0.1) is 5.92 Å². The zero-order valence-electron chi connectivity index (χ0n) is 9.84. The average Bonchev–Trinajstić information content (AvgIpc) is 2.15. The molecule has 14 heavy (non-hydrogen) atoms. The van der Waals surface area contributed by atoms with Gasteiger partial charge in [0.1, 0.15) is 0 Å². The van der Waals surface area contributed by atoms with Crippen molar-refractivity contribution in [2.45, 2.75) is 59.3 Å². The first-order valence-corrected chi connectivity index (χ1v) is 5.90. The Hall–Kier alpha value is -0.530. The minimum Gasteiger partial charge on any atom is -0.465 e. The van der Waals surface area contributed by atoms with Gasteiger partial charge in [-0.1, -0.05) is 33.6 Å². The smallest absolute Gasteiger partial charge is 0.305 e. The summed E-state index contributed by atoms with van der Waals surface area (Å²) in [6.07, 6.45) is 6.14. The molecule has 0 saturated heterocycles. The van der Waals surface area contributed by atoms with Gasteiger partial charge in [-0.25, -0.2) is 0 Å². The number of rotatable bonds is 8. The molecule has 0 saturated carbocycles. The number of hydrogen-bond donors (Lipinski definition) is 0. The second kappa shape index (κ2) is 9.04. The first-order chi connectivity index (χ1) is 6.74. The fourth-order valence-corrected chi connectivity index (χ4v) is 1.61. The molecule has 0 radical (unpaired) electrons. The van der Waals surface area contributed by atoms with Gasteiger partial charge in [0.15, 0.2) is 0 Å².